The van der Waals surface area contributed by atoms with Gasteiger partial charge in [0.2, 0.25) is 0 Å². The molecule has 4 nitrogen and oxygen atoms in total. The summed E-state index contributed by atoms with van der Waals surface area (Å²) in [5.74, 6) is -0.119. The molecule has 0 aliphatic rings. The van der Waals surface area contributed by atoms with Gasteiger partial charge in [0, 0.05) is 35.2 Å². The summed E-state index contributed by atoms with van der Waals surface area (Å²) in [6.45, 7) is 1.96. The molecule has 2 aromatic heterocycles. The standard InChI is InChI=1S/C14H13N3OS/c1-9-7-15-14(19-9)16-13(18)11-8-17(2)12-6-4-3-5-10(11)12/h3-8H,1-2H3,(H,15,16,18). The summed E-state index contributed by atoms with van der Waals surface area (Å²) in [5.41, 5.74) is 1.72. The van der Waals surface area contributed by atoms with E-state index in [1.54, 1.807) is 6.20 Å². The number of nitrogens with zero attached hydrogens (tertiary/aromatic N) is 2. The van der Waals surface area contributed by atoms with E-state index in [1.165, 1.54) is 11.3 Å². The lowest BCUT2D eigenvalue weighted by atomic mass is 10.1. The number of hydrogen-bond acceptors (Lipinski definition) is 3. The molecule has 0 fully saturated rings. The van der Waals surface area contributed by atoms with Crippen LogP contribution in [0.1, 0.15) is 15.2 Å². The van der Waals surface area contributed by atoms with Crippen LogP contribution >= 0.6 is 11.3 Å². The predicted octanol–water partition coefficient (Wildman–Crippen LogP) is 3.20. The third kappa shape index (κ3) is 2.13. The van der Waals surface area contributed by atoms with E-state index in [0.29, 0.717) is 10.7 Å². The number of hydrogen-bond donors (Lipinski definition) is 1. The highest BCUT2D eigenvalue weighted by Crippen LogP contribution is 2.22. The van der Waals surface area contributed by atoms with E-state index in [1.807, 2.05) is 49.0 Å². The van der Waals surface area contributed by atoms with Crippen molar-refractivity contribution in [2.24, 2.45) is 7.05 Å². The molecule has 5 heteroatoms. The fraction of sp³-hybridized carbons (Fsp3) is 0.143. The Bertz CT molecular complexity index is 757. The summed E-state index contributed by atoms with van der Waals surface area (Å²) >= 11 is 1.47. The van der Waals surface area contributed by atoms with Crippen molar-refractivity contribution in [1.82, 2.24) is 9.55 Å². The molecule has 3 aromatic rings. The van der Waals surface area contributed by atoms with Gasteiger partial charge in [-0.1, -0.05) is 18.2 Å². The fourth-order valence-corrected chi connectivity index (χ4v) is 2.76. The first-order valence-corrected chi connectivity index (χ1v) is 6.74. The minimum absolute atomic E-state index is 0.119. The number of aryl methyl sites for hydroxylation is 2. The van der Waals surface area contributed by atoms with E-state index in [-0.39, 0.29) is 5.91 Å². The second kappa shape index (κ2) is 4.51. The lowest BCUT2D eigenvalue weighted by molar-refractivity contribution is 0.102. The third-order valence-corrected chi connectivity index (χ3v) is 3.81. The van der Waals surface area contributed by atoms with Crippen molar-refractivity contribution >= 4 is 33.3 Å². The summed E-state index contributed by atoms with van der Waals surface area (Å²) in [6.07, 6.45) is 3.60. The van der Waals surface area contributed by atoms with Gasteiger partial charge in [-0.05, 0) is 13.0 Å². The molecule has 1 amide bonds. The molecule has 0 unspecified atom stereocenters. The molecule has 19 heavy (non-hydrogen) atoms. The summed E-state index contributed by atoms with van der Waals surface area (Å²) in [4.78, 5) is 17.5. The van der Waals surface area contributed by atoms with Gasteiger partial charge in [0.05, 0.1) is 5.56 Å². The maximum Gasteiger partial charge on any atom is 0.259 e. The van der Waals surface area contributed by atoms with Gasteiger partial charge >= 0.3 is 0 Å². The molecule has 96 valence electrons. The number of carbonyl (C=O) groups is 1. The lowest BCUT2D eigenvalue weighted by Gasteiger charge is -1.99. The number of anilines is 1. The van der Waals surface area contributed by atoms with Crippen LogP contribution in [0.5, 0.6) is 0 Å². The van der Waals surface area contributed by atoms with Crippen molar-refractivity contribution in [2.45, 2.75) is 6.92 Å². The number of benzene rings is 1. The Labute approximate surface area is 114 Å². The Balaban J connectivity index is 1.98. The Hall–Kier alpha value is -2.14. The van der Waals surface area contributed by atoms with Crippen LogP contribution in [0, 0.1) is 6.92 Å². The predicted molar refractivity (Wildman–Crippen MR) is 77.7 cm³/mol. The zero-order valence-corrected chi connectivity index (χ0v) is 11.5. The summed E-state index contributed by atoms with van der Waals surface area (Å²) in [6, 6.07) is 7.86. The van der Waals surface area contributed by atoms with Crippen LogP contribution in [0.4, 0.5) is 5.13 Å². The molecule has 0 bridgehead atoms. The number of fused-ring (bicyclic) bond motifs is 1. The number of amides is 1. The van der Waals surface area contributed by atoms with Crippen LogP contribution in [0.25, 0.3) is 10.9 Å². The van der Waals surface area contributed by atoms with E-state index >= 15 is 0 Å². The molecule has 0 aliphatic heterocycles. The van der Waals surface area contributed by atoms with Crippen LogP contribution < -0.4 is 5.32 Å². The van der Waals surface area contributed by atoms with Gasteiger partial charge in [0.15, 0.2) is 5.13 Å². The topological polar surface area (TPSA) is 46.9 Å². The van der Waals surface area contributed by atoms with E-state index in [9.17, 15) is 4.79 Å². The number of aromatic nitrogens is 2. The SMILES string of the molecule is Cc1cnc(NC(=O)c2cn(C)c3ccccc23)s1. The highest BCUT2D eigenvalue weighted by molar-refractivity contribution is 7.15. The molecule has 0 radical (unpaired) electrons. The molecule has 0 saturated carbocycles. The van der Waals surface area contributed by atoms with Crippen LogP contribution in [-0.2, 0) is 7.05 Å². The van der Waals surface area contributed by atoms with E-state index in [4.69, 9.17) is 0 Å². The maximum atomic E-state index is 12.3. The Morgan fingerprint density at radius 1 is 1.37 bits per heavy atom. The molecule has 1 N–H and O–H groups in total. The zero-order valence-electron chi connectivity index (χ0n) is 10.7. The largest absolute Gasteiger partial charge is 0.350 e. The minimum Gasteiger partial charge on any atom is -0.350 e. The summed E-state index contributed by atoms with van der Waals surface area (Å²) < 4.78 is 1.96. The maximum absolute atomic E-state index is 12.3. The van der Waals surface area contributed by atoms with Gasteiger partial charge in [-0.2, -0.15) is 0 Å². The van der Waals surface area contributed by atoms with Gasteiger partial charge in [-0.25, -0.2) is 4.98 Å². The lowest BCUT2D eigenvalue weighted by Crippen LogP contribution is -2.11. The van der Waals surface area contributed by atoms with Crippen molar-refractivity contribution in [1.29, 1.82) is 0 Å². The van der Waals surface area contributed by atoms with Crippen molar-refractivity contribution in [3.05, 3.63) is 47.1 Å². The number of thiazole rings is 1. The number of nitrogens with one attached hydrogen (secondary N) is 1. The smallest absolute Gasteiger partial charge is 0.259 e. The van der Waals surface area contributed by atoms with Gasteiger partial charge in [0.25, 0.3) is 5.91 Å². The van der Waals surface area contributed by atoms with Gasteiger partial charge in [0.1, 0.15) is 0 Å². The first-order chi connectivity index (χ1) is 9.15. The number of rotatable bonds is 2. The molecule has 3 rings (SSSR count). The van der Waals surface area contributed by atoms with Gasteiger partial charge in [-0.15, -0.1) is 11.3 Å². The zero-order chi connectivity index (χ0) is 13.4. The highest BCUT2D eigenvalue weighted by Gasteiger charge is 2.14. The van der Waals surface area contributed by atoms with Crippen LogP contribution in [-0.4, -0.2) is 15.5 Å². The van der Waals surface area contributed by atoms with Gasteiger partial charge < -0.3 is 4.57 Å². The minimum atomic E-state index is -0.119. The van der Waals surface area contributed by atoms with Crippen molar-refractivity contribution < 1.29 is 4.79 Å². The van der Waals surface area contributed by atoms with E-state index in [0.717, 1.165) is 15.8 Å². The molecular weight excluding hydrogens is 258 g/mol. The van der Waals surface area contributed by atoms with Crippen molar-refractivity contribution in [2.75, 3.05) is 5.32 Å². The number of para-hydroxylation sites is 1. The first kappa shape index (κ1) is 11.9. The second-order valence-corrected chi connectivity index (χ2v) is 5.64. The summed E-state index contributed by atoms with van der Waals surface area (Å²) in [5, 5.41) is 4.43. The normalized spacial score (nSPS) is 10.8. The molecule has 1 aromatic carbocycles. The fourth-order valence-electron chi connectivity index (χ4n) is 2.10. The Kier molecular flexibility index (Phi) is 2.83. The molecule has 0 spiro atoms. The quantitative estimate of drug-likeness (QED) is 0.778. The average molecular weight is 271 g/mol. The van der Waals surface area contributed by atoms with E-state index in [2.05, 4.69) is 10.3 Å². The molecular formula is C14H13N3OS. The van der Waals surface area contributed by atoms with Crippen LogP contribution in [0.2, 0.25) is 0 Å². The molecule has 0 saturated heterocycles. The molecule has 2 heterocycles. The first-order valence-electron chi connectivity index (χ1n) is 5.93. The number of carbonyl (C=O) groups excluding carboxylic acids is 1. The second-order valence-electron chi connectivity index (χ2n) is 4.40. The average Bonchev–Trinajstić information content (AvgIpc) is 2.95. The highest BCUT2D eigenvalue weighted by atomic mass is 32.1. The Morgan fingerprint density at radius 2 is 2.16 bits per heavy atom. The monoisotopic (exact) mass is 271 g/mol. The molecule has 0 aliphatic carbocycles. The summed E-state index contributed by atoms with van der Waals surface area (Å²) in [7, 11) is 1.94. The van der Waals surface area contributed by atoms with Crippen molar-refractivity contribution in [3.63, 3.8) is 0 Å². The Morgan fingerprint density at radius 3 is 2.89 bits per heavy atom. The molecule has 0 atom stereocenters. The van der Waals surface area contributed by atoms with Gasteiger partial charge in [-0.3, -0.25) is 10.1 Å². The third-order valence-electron chi connectivity index (χ3n) is 2.98. The van der Waals surface area contributed by atoms with Crippen LogP contribution in [0.3, 0.4) is 0 Å². The van der Waals surface area contributed by atoms with Crippen LogP contribution in [0.15, 0.2) is 36.7 Å². The van der Waals surface area contributed by atoms with Crippen molar-refractivity contribution in [3.8, 4) is 0 Å². The van der Waals surface area contributed by atoms with E-state index < -0.39 is 0 Å².